The number of hydrogen-bond donors (Lipinski definition) is 1. The van der Waals surface area contributed by atoms with Crippen molar-refractivity contribution < 1.29 is 5.21 Å². The molecule has 5 nitrogen and oxygen atoms in total. The molecule has 0 aromatic heterocycles. The molecule has 0 radical (unpaired) electrons. The number of rotatable bonds is 3. The first-order chi connectivity index (χ1) is 8.69. The third kappa shape index (κ3) is 3.67. The monoisotopic (exact) mass is 254 g/mol. The molecule has 1 unspecified atom stereocenters. The van der Waals surface area contributed by atoms with Gasteiger partial charge in [0.25, 0.3) is 0 Å². The van der Waals surface area contributed by atoms with E-state index in [0.29, 0.717) is 5.92 Å². The van der Waals surface area contributed by atoms with Crippen molar-refractivity contribution in [1.29, 1.82) is 0 Å². The van der Waals surface area contributed by atoms with E-state index in [2.05, 4.69) is 33.8 Å². The molecular formula is C13H26N4O. The standard InChI is InChI=1S/C13H26N4O/c1-12-11-17(4-3-13(12)14-18)10-9-16-7-5-15(2)6-8-16/h12,18H,3-11H2,1-2H3. The summed E-state index contributed by atoms with van der Waals surface area (Å²) in [6.45, 7) is 11.3. The summed E-state index contributed by atoms with van der Waals surface area (Å²) >= 11 is 0. The van der Waals surface area contributed by atoms with Crippen LogP contribution in [0.2, 0.25) is 0 Å². The van der Waals surface area contributed by atoms with Gasteiger partial charge in [0.05, 0.1) is 5.71 Å². The maximum Gasteiger partial charge on any atom is 0.0624 e. The Labute approximate surface area is 110 Å². The molecule has 0 aromatic carbocycles. The molecule has 2 saturated heterocycles. The molecule has 0 aliphatic carbocycles. The van der Waals surface area contributed by atoms with Gasteiger partial charge in [0.15, 0.2) is 0 Å². The Balaban J connectivity index is 1.68. The molecule has 5 heteroatoms. The molecule has 104 valence electrons. The largest absolute Gasteiger partial charge is 0.411 e. The summed E-state index contributed by atoms with van der Waals surface area (Å²) in [5.41, 5.74) is 0.964. The molecule has 0 bridgehead atoms. The Kier molecular flexibility index (Phi) is 4.97. The first-order valence-electron chi connectivity index (χ1n) is 7.03. The Morgan fingerprint density at radius 3 is 2.39 bits per heavy atom. The maximum absolute atomic E-state index is 8.86. The summed E-state index contributed by atoms with van der Waals surface area (Å²) in [4.78, 5) is 7.45. The Morgan fingerprint density at radius 1 is 1.11 bits per heavy atom. The SMILES string of the molecule is CC1CN(CCN2CCN(C)CC2)CCC1=NO. The van der Waals surface area contributed by atoms with Crippen LogP contribution in [-0.4, -0.2) is 85.0 Å². The van der Waals surface area contributed by atoms with Crippen LogP contribution in [-0.2, 0) is 0 Å². The molecule has 2 aliphatic rings. The van der Waals surface area contributed by atoms with Gasteiger partial charge >= 0.3 is 0 Å². The molecule has 2 heterocycles. The summed E-state index contributed by atoms with van der Waals surface area (Å²) in [7, 11) is 2.19. The van der Waals surface area contributed by atoms with Crippen molar-refractivity contribution in [3.05, 3.63) is 0 Å². The number of hydrogen-bond acceptors (Lipinski definition) is 5. The van der Waals surface area contributed by atoms with E-state index in [1.54, 1.807) is 0 Å². The minimum atomic E-state index is 0.399. The third-order valence-electron chi connectivity index (χ3n) is 4.24. The van der Waals surface area contributed by atoms with Crippen molar-refractivity contribution >= 4 is 5.71 Å². The zero-order valence-corrected chi connectivity index (χ0v) is 11.7. The summed E-state index contributed by atoms with van der Waals surface area (Å²) in [6, 6.07) is 0. The molecule has 0 spiro atoms. The van der Waals surface area contributed by atoms with Gasteiger partial charge in [-0.3, -0.25) is 4.90 Å². The molecule has 2 aliphatic heterocycles. The maximum atomic E-state index is 8.86. The highest BCUT2D eigenvalue weighted by molar-refractivity contribution is 5.86. The predicted octanol–water partition coefficient (Wildman–Crippen LogP) is 0.406. The lowest BCUT2D eigenvalue weighted by atomic mass is 9.98. The van der Waals surface area contributed by atoms with Crippen molar-refractivity contribution in [2.24, 2.45) is 11.1 Å². The van der Waals surface area contributed by atoms with Gasteiger partial charge in [-0.05, 0) is 7.05 Å². The Hall–Kier alpha value is -0.650. The van der Waals surface area contributed by atoms with Crippen molar-refractivity contribution in [1.82, 2.24) is 14.7 Å². The van der Waals surface area contributed by atoms with Crippen LogP contribution in [0, 0.1) is 5.92 Å². The molecule has 2 rings (SSSR count). The summed E-state index contributed by atoms with van der Waals surface area (Å²) in [5.74, 6) is 0.399. The van der Waals surface area contributed by atoms with E-state index < -0.39 is 0 Å². The fourth-order valence-electron chi connectivity index (χ4n) is 2.81. The van der Waals surface area contributed by atoms with Crippen LogP contribution in [0.25, 0.3) is 0 Å². The van der Waals surface area contributed by atoms with E-state index in [-0.39, 0.29) is 0 Å². The number of piperidine rings is 1. The first-order valence-corrected chi connectivity index (χ1v) is 7.03. The lowest BCUT2D eigenvalue weighted by molar-refractivity contribution is 0.130. The Morgan fingerprint density at radius 2 is 1.78 bits per heavy atom. The zero-order chi connectivity index (χ0) is 13.0. The van der Waals surface area contributed by atoms with E-state index in [0.717, 1.165) is 31.8 Å². The number of likely N-dealkylation sites (tertiary alicyclic amines) is 1. The van der Waals surface area contributed by atoms with Crippen LogP contribution in [0.15, 0.2) is 5.16 Å². The van der Waals surface area contributed by atoms with Crippen LogP contribution >= 0.6 is 0 Å². The van der Waals surface area contributed by atoms with E-state index in [1.165, 1.54) is 32.7 Å². The van der Waals surface area contributed by atoms with E-state index in [9.17, 15) is 0 Å². The molecule has 0 saturated carbocycles. The lowest BCUT2D eigenvalue weighted by Crippen LogP contribution is -2.48. The van der Waals surface area contributed by atoms with E-state index in [4.69, 9.17) is 5.21 Å². The average Bonchev–Trinajstić information content (AvgIpc) is 2.38. The number of piperazine rings is 1. The lowest BCUT2D eigenvalue weighted by Gasteiger charge is -2.36. The molecular weight excluding hydrogens is 228 g/mol. The summed E-state index contributed by atoms with van der Waals surface area (Å²) < 4.78 is 0. The van der Waals surface area contributed by atoms with E-state index in [1.807, 2.05) is 0 Å². The van der Waals surface area contributed by atoms with Crippen molar-refractivity contribution in [2.75, 3.05) is 59.4 Å². The highest BCUT2D eigenvalue weighted by atomic mass is 16.4. The van der Waals surface area contributed by atoms with Crippen LogP contribution in [0.3, 0.4) is 0 Å². The topological polar surface area (TPSA) is 42.3 Å². The second-order valence-corrected chi connectivity index (χ2v) is 5.69. The quantitative estimate of drug-likeness (QED) is 0.585. The zero-order valence-electron chi connectivity index (χ0n) is 11.7. The van der Waals surface area contributed by atoms with Gasteiger partial charge in [-0.25, -0.2) is 0 Å². The molecule has 1 N–H and O–H groups in total. The fourth-order valence-corrected chi connectivity index (χ4v) is 2.81. The predicted molar refractivity (Wildman–Crippen MR) is 73.4 cm³/mol. The molecule has 18 heavy (non-hydrogen) atoms. The number of nitrogens with zero attached hydrogens (tertiary/aromatic N) is 4. The smallest absolute Gasteiger partial charge is 0.0624 e. The third-order valence-corrected chi connectivity index (χ3v) is 4.24. The van der Waals surface area contributed by atoms with Gasteiger partial charge in [-0.1, -0.05) is 12.1 Å². The van der Waals surface area contributed by atoms with Gasteiger partial charge < -0.3 is 15.0 Å². The van der Waals surface area contributed by atoms with Crippen LogP contribution in [0.5, 0.6) is 0 Å². The van der Waals surface area contributed by atoms with Crippen LogP contribution in [0.4, 0.5) is 0 Å². The minimum absolute atomic E-state index is 0.399. The normalized spacial score (nSPS) is 31.0. The molecule has 0 aromatic rings. The van der Waals surface area contributed by atoms with Crippen molar-refractivity contribution in [3.63, 3.8) is 0 Å². The highest BCUT2D eigenvalue weighted by Gasteiger charge is 2.23. The Bertz CT molecular complexity index is 287. The fraction of sp³-hybridized carbons (Fsp3) is 0.923. The van der Waals surface area contributed by atoms with Gasteiger partial charge in [-0.15, -0.1) is 0 Å². The molecule has 0 amide bonds. The summed E-state index contributed by atoms with van der Waals surface area (Å²) in [6.07, 6.45) is 0.917. The highest BCUT2D eigenvalue weighted by Crippen LogP contribution is 2.13. The van der Waals surface area contributed by atoms with Gasteiger partial charge in [0.2, 0.25) is 0 Å². The minimum Gasteiger partial charge on any atom is -0.411 e. The second kappa shape index (κ2) is 6.50. The number of oxime groups is 1. The number of likely N-dealkylation sites (N-methyl/N-ethyl adjacent to an activating group) is 1. The van der Waals surface area contributed by atoms with E-state index >= 15 is 0 Å². The van der Waals surface area contributed by atoms with Crippen LogP contribution in [0.1, 0.15) is 13.3 Å². The van der Waals surface area contributed by atoms with Crippen molar-refractivity contribution in [3.8, 4) is 0 Å². The molecule has 1 atom stereocenters. The van der Waals surface area contributed by atoms with Crippen molar-refractivity contribution in [2.45, 2.75) is 13.3 Å². The van der Waals surface area contributed by atoms with Gasteiger partial charge in [-0.2, -0.15) is 0 Å². The average molecular weight is 254 g/mol. The molecule has 2 fully saturated rings. The van der Waals surface area contributed by atoms with Crippen LogP contribution < -0.4 is 0 Å². The van der Waals surface area contributed by atoms with Gasteiger partial charge in [0, 0.05) is 64.7 Å². The first kappa shape index (κ1) is 13.8. The van der Waals surface area contributed by atoms with Gasteiger partial charge in [0.1, 0.15) is 0 Å². The summed E-state index contributed by atoms with van der Waals surface area (Å²) in [5, 5.41) is 12.3. The second-order valence-electron chi connectivity index (χ2n) is 5.69.